The summed E-state index contributed by atoms with van der Waals surface area (Å²) < 4.78 is 53.7. The zero-order valence-corrected chi connectivity index (χ0v) is 23.4. The molecule has 13 heteroatoms. The average molecular weight is 584 g/mol. The number of anilines is 5. The van der Waals surface area contributed by atoms with Gasteiger partial charge in [-0.3, -0.25) is 4.79 Å². The summed E-state index contributed by atoms with van der Waals surface area (Å²) in [6.07, 6.45) is -2.35. The van der Waals surface area contributed by atoms with E-state index in [1.165, 1.54) is 7.11 Å². The highest BCUT2D eigenvalue weighted by molar-refractivity contribution is 6.03. The summed E-state index contributed by atoms with van der Waals surface area (Å²) in [5, 5.41) is 5.77. The van der Waals surface area contributed by atoms with E-state index in [0.29, 0.717) is 30.3 Å². The van der Waals surface area contributed by atoms with Crippen molar-refractivity contribution in [3.05, 3.63) is 53.7 Å². The van der Waals surface area contributed by atoms with Gasteiger partial charge in [-0.1, -0.05) is 6.07 Å². The first-order valence-corrected chi connectivity index (χ1v) is 13.9. The van der Waals surface area contributed by atoms with Gasteiger partial charge in [0.1, 0.15) is 35.1 Å². The van der Waals surface area contributed by atoms with Gasteiger partial charge in [-0.15, -0.1) is 0 Å². The van der Waals surface area contributed by atoms with Crippen LogP contribution in [0.15, 0.2) is 42.6 Å². The van der Waals surface area contributed by atoms with Crippen LogP contribution in [-0.2, 0) is 6.18 Å². The van der Waals surface area contributed by atoms with Crippen molar-refractivity contribution in [2.75, 3.05) is 69.0 Å². The third-order valence-corrected chi connectivity index (χ3v) is 7.96. The SMILES string of the molecule is COc1cc(N2CCN(C)CC2)ccc1Nc1ncc(C(F)(F)F)c(Nc2cccc3c2C(=O)N2CCC[C@H]2CO3)n1. The Balaban J connectivity index is 1.31. The fourth-order valence-corrected chi connectivity index (χ4v) is 5.62. The van der Waals surface area contributed by atoms with Gasteiger partial charge in [0, 0.05) is 50.7 Å². The molecule has 1 amide bonds. The molecule has 0 bridgehead atoms. The van der Waals surface area contributed by atoms with Crippen LogP contribution in [0.3, 0.4) is 0 Å². The second kappa shape index (κ2) is 11.2. The Bertz CT molecular complexity index is 1480. The standard InChI is InChI=1S/C29H32F3N7O3/c1-37-11-13-38(14-12-37)18-8-9-21(24(15-18)41-2)35-28-33-16-20(29(30,31)32)26(36-28)34-22-6-3-7-23-25(22)27(40)39-10-4-5-19(39)17-42-23/h3,6-9,15-16,19H,4-5,10-14,17H2,1-2H3,(H2,33,34,35,36)/t19-/m0/s1. The van der Waals surface area contributed by atoms with Gasteiger partial charge in [0.2, 0.25) is 5.95 Å². The Morgan fingerprint density at radius 2 is 1.86 bits per heavy atom. The third kappa shape index (κ3) is 5.48. The quantitative estimate of drug-likeness (QED) is 0.427. The molecule has 3 aromatic rings. The molecule has 1 aromatic heterocycles. The normalized spacial score (nSPS) is 19.1. The minimum absolute atomic E-state index is 0.0593. The van der Waals surface area contributed by atoms with E-state index < -0.39 is 17.6 Å². The van der Waals surface area contributed by atoms with E-state index in [1.54, 1.807) is 29.2 Å². The number of methoxy groups -OCH3 is 1. The van der Waals surface area contributed by atoms with E-state index in [-0.39, 0.29) is 29.1 Å². The Kier molecular flexibility index (Phi) is 7.43. The lowest BCUT2D eigenvalue weighted by Crippen LogP contribution is -2.44. The second-order valence-electron chi connectivity index (χ2n) is 10.7. The number of aromatic nitrogens is 2. The number of carbonyl (C=O) groups is 1. The van der Waals surface area contributed by atoms with Crippen molar-refractivity contribution >= 4 is 34.7 Å². The molecule has 10 nitrogen and oxygen atoms in total. The average Bonchev–Trinajstić information content (AvgIpc) is 3.40. The molecule has 3 aliphatic rings. The number of carbonyl (C=O) groups excluding carboxylic acids is 1. The van der Waals surface area contributed by atoms with Gasteiger partial charge < -0.3 is 34.8 Å². The maximum absolute atomic E-state index is 14.1. The smallest absolute Gasteiger partial charge is 0.421 e. The number of hydrogen-bond acceptors (Lipinski definition) is 9. The summed E-state index contributed by atoms with van der Waals surface area (Å²) in [5.41, 5.74) is 0.777. The fraction of sp³-hybridized carbons (Fsp3) is 0.414. The molecule has 6 rings (SSSR count). The van der Waals surface area contributed by atoms with Crippen LogP contribution in [0, 0.1) is 0 Å². The van der Waals surface area contributed by atoms with Crippen LogP contribution < -0.4 is 25.0 Å². The maximum Gasteiger partial charge on any atom is 0.421 e. The molecule has 3 aliphatic heterocycles. The van der Waals surface area contributed by atoms with Crippen molar-refractivity contribution in [2.45, 2.75) is 25.1 Å². The summed E-state index contributed by atoms with van der Waals surface area (Å²) in [5.74, 6) is -0.0118. The van der Waals surface area contributed by atoms with Crippen LogP contribution in [0.1, 0.15) is 28.8 Å². The van der Waals surface area contributed by atoms with Crippen LogP contribution in [-0.4, -0.2) is 85.2 Å². The number of hydrogen-bond donors (Lipinski definition) is 2. The first-order valence-electron chi connectivity index (χ1n) is 13.9. The minimum Gasteiger partial charge on any atom is -0.494 e. The highest BCUT2D eigenvalue weighted by Gasteiger charge is 2.38. The number of halogens is 3. The molecule has 0 radical (unpaired) electrons. The first-order chi connectivity index (χ1) is 20.2. The zero-order chi connectivity index (χ0) is 29.4. The fourth-order valence-electron chi connectivity index (χ4n) is 5.62. The molecule has 0 saturated carbocycles. The van der Waals surface area contributed by atoms with Crippen molar-refractivity contribution in [3.63, 3.8) is 0 Å². The number of alkyl halides is 3. The highest BCUT2D eigenvalue weighted by Crippen LogP contribution is 2.40. The van der Waals surface area contributed by atoms with Crippen molar-refractivity contribution in [3.8, 4) is 11.5 Å². The summed E-state index contributed by atoms with van der Waals surface area (Å²) in [6, 6.07) is 10.4. The molecular weight excluding hydrogens is 551 g/mol. The molecule has 4 heterocycles. The van der Waals surface area contributed by atoms with Crippen LogP contribution >= 0.6 is 0 Å². The Morgan fingerprint density at radius 1 is 1.05 bits per heavy atom. The Labute approximate surface area is 241 Å². The van der Waals surface area contributed by atoms with Crippen LogP contribution in [0.2, 0.25) is 0 Å². The largest absolute Gasteiger partial charge is 0.494 e. The molecule has 2 saturated heterocycles. The van der Waals surface area contributed by atoms with E-state index in [1.807, 2.05) is 12.1 Å². The molecule has 2 aromatic carbocycles. The van der Waals surface area contributed by atoms with Gasteiger partial charge in [-0.25, -0.2) is 4.98 Å². The summed E-state index contributed by atoms with van der Waals surface area (Å²) in [6.45, 7) is 4.55. The lowest BCUT2D eigenvalue weighted by Gasteiger charge is -2.34. The highest BCUT2D eigenvalue weighted by atomic mass is 19.4. The third-order valence-electron chi connectivity index (χ3n) is 7.96. The lowest BCUT2D eigenvalue weighted by molar-refractivity contribution is -0.137. The molecule has 0 spiro atoms. The molecule has 0 aliphatic carbocycles. The summed E-state index contributed by atoms with van der Waals surface area (Å²) >= 11 is 0. The number of nitrogens with one attached hydrogen (secondary N) is 2. The van der Waals surface area contributed by atoms with Gasteiger partial charge in [-0.2, -0.15) is 18.2 Å². The van der Waals surface area contributed by atoms with Gasteiger partial charge in [0.25, 0.3) is 5.91 Å². The van der Waals surface area contributed by atoms with Gasteiger partial charge in [0.15, 0.2) is 0 Å². The van der Waals surface area contributed by atoms with Crippen molar-refractivity contribution in [2.24, 2.45) is 0 Å². The van der Waals surface area contributed by atoms with E-state index in [9.17, 15) is 18.0 Å². The number of amides is 1. The molecule has 222 valence electrons. The van der Waals surface area contributed by atoms with Crippen molar-refractivity contribution < 1.29 is 27.4 Å². The number of piperazine rings is 1. The Hall–Kier alpha value is -4.26. The summed E-state index contributed by atoms with van der Waals surface area (Å²) in [7, 11) is 3.61. The lowest BCUT2D eigenvalue weighted by atomic mass is 10.1. The predicted molar refractivity (Wildman–Crippen MR) is 152 cm³/mol. The molecular formula is C29H32F3N7O3. The maximum atomic E-state index is 14.1. The number of benzene rings is 2. The monoisotopic (exact) mass is 583 g/mol. The van der Waals surface area contributed by atoms with E-state index >= 15 is 0 Å². The Morgan fingerprint density at radius 3 is 2.62 bits per heavy atom. The number of nitrogens with zero attached hydrogens (tertiary/aromatic N) is 5. The number of rotatable bonds is 6. The van der Waals surface area contributed by atoms with Crippen molar-refractivity contribution in [1.29, 1.82) is 0 Å². The van der Waals surface area contributed by atoms with Crippen LogP contribution in [0.4, 0.5) is 42.0 Å². The molecule has 0 unspecified atom stereocenters. The molecule has 1 atom stereocenters. The number of fused-ring (bicyclic) bond motifs is 2. The number of likely N-dealkylation sites (N-methyl/N-ethyl adjacent to an activating group) is 1. The molecule has 2 fully saturated rings. The second-order valence-corrected chi connectivity index (χ2v) is 10.7. The van der Waals surface area contributed by atoms with Crippen LogP contribution in [0.25, 0.3) is 0 Å². The predicted octanol–water partition coefficient (Wildman–Crippen LogP) is 4.74. The minimum atomic E-state index is -4.74. The summed E-state index contributed by atoms with van der Waals surface area (Å²) in [4.78, 5) is 27.9. The van der Waals surface area contributed by atoms with Crippen LogP contribution in [0.5, 0.6) is 11.5 Å². The van der Waals surface area contributed by atoms with Gasteiger partial charge in [0.05, 0.1) is 24.5 Å². The van der Waals surface area contributed by atoms with Crippen molar-refractivity contribution in [1.82, 2.24) is 19.8 Å². The van der Waals surface area contributed by atoms with E-state index in [2.05, 4.69) is 37.4 Å². The first kappa shape index (κ1) is 27.9. The van der Waals surface area contributed by atoms with Gasteiger partial charge in [-0.05, 0) is 44.2 Å². The molecule has 2 N–H and O–H groups in total. The number of ether oxygens (including phenoxy) is 2. The molecule has 42 heavy (non-hydrogen) atoms. The van der Waals surface area contributed by atoms with Gasteiger partial charge >= 0.3 is 6.18 Å². The van der Waals surface area contributed by atoms with E-state index in [0.717, 1.165) is 50.9 Å². The zero-order valence-electron chi connectivity index (χ0n) is 23.4. The van der Waals surface area contributed by atoms with E-state index in [4.69, 9.17) is 9.47 Å². The topological polar surface area (TPSA) is 95.1 Å².